The Balaban J connectivity index is 1.70. The maximum absolute atomic E-state index is 13.6. The van der Waals surface area contributed by atoms with E-state index in [1.807, 2.05) is 19.0 Å². The molecule has 25 heavy (non-hydrogen) atoms. The molecule has 1 N–H and O–H groups in total. The lowest BCUT2D eigenvalue weighted by atomic mass is 10.3. The van der Waals surface area contributed by atoms with Crippen molar-refractivity contribution in [1.29, 1.82) is 0 Å². The molecule has 2 heterocycles. The topological polar surface area (TPSA) is 71.0 Å². The molecule has 0 fully saturated rings. The molecule has 10 heteroatoms. The number of thiazole rings is 1. The fraction of sp³-hybridized carbons (Fsp3) is 0.200. The van der Waals surface area contributed by atoms with Crippen molar-refractivity contribution < 1.29 is 13.6 Å². The Morgan fingerprint density at radius 1 is 1.32 bits per heavy atom. The summed E-state index contributed by atoms with van der Waals surface area (Å²) in [4.78, 5) is 26.6. The number of amides is 1. The maximum Gasteiger partial charge on any atom is 0.234 e. The van der Waals surface area contributed by atoms with Crippen molar-refractivity contribution in [2.24, 2.45) is 0 Å². The minimum Gasteiger partial charge on any atom is -0.354 e. The second kappa shape index (κ2) is 7.28. The average Bonchev–Trinajstić information content (AvgIpc) is 3.00. The van der Waals surface area contributed by atoms with Gasteiger partial charge in [0.05, 0.1) is 11.4 Å². The Bertz CT molecular complexity index is 931. The molecule has 0 saturated carbocycles. The lowest BCUT2D eigenvalue weighted by Crippen LogP contribution is -2.15. The molecular weight excluding hydrogens is 368 g/mol. The molecule has 0 atom stereocenters. The number of anilines is 2. The predicted molar refractivity (Wildman–Crippen MR) is 95.2 cm³/mol. The molecule has 0 aliphatic rings. The molecule has 2 aromatic heterocycles. The summed E-state index contributed by atoms with van der Waals surface area (Å²) in [7, 11) is 3.76. The van der Waals surface area contributed by atoms with E-state index in [2.05, 4.69) is 20.3 Å². The standard InChI is InChI=1S/C15H13F2N5OS2/c1-22(2)15-21-13-12(25-15)14(19-7-18-13)24-6-11(23)20-10-4-3-8(16)5-9(10)17/h3-5,7H,6H2,1-2H3,(H,20,23). The summed E-state index contributed by atoms with van der Waals surface area (Å²) in [6.45, 7) is 0. The van der Waals surface area contributed by atoms with Gasteiger partial charge in [0, 0.05) is 20.2 Å². The van der Waals surface area contributed by atoms with Crippen LogP contribution in [0.25, 0.3) is 10.3 Å². The number of thioether (sulfide) groups is 1. The van der Waals surface area contributed by atoms with Gasteiger partial charge in [-0.25, -0.2) is 18.7 Å². The zero-order valence-electron chi connectivity index (χ0n) is 13.3. The van der Waals surface area contributed by atoms with E-state index in [1.165, 1.54) is 35.5 Å². The molecule has 0 unspecified atom stereocenters. The Morgan fingerprint density at radius 2 is 2.12 bits per heavy atom. The van der Waals surface area contributed by atoms with E-state index in [9.17, 15) is 13.6 Å². The summed E-state index contributed by atoms with van der Waals surface area (Å²) in [6, 6.07) is 2.99. The highest BCUT2D eigenvalue weighted by Crippen LogP contribution is 2.32. The van der Waals surface area contributed by atoms with Crippen LogP contribution in [-0.4, -0.2) is 40.7 Å². The normalized spacial score (nSPS) is 10.9. The number of carbonyl (C=O) groups is 1. The van der Waals surface area contributed by atoms with Crippen LogP contribution < -0.4 is 10.2 Å². The monoisotopic (exact) mass is 381 g/mol. The van der Waals surface area contributed by atoms with Gasteiger partial charge >= 0.3 is 0 Å². The molecule has 3 rings (SSSR count). The van der Waals surface area contributed by atoms with Crippen LogP contribution in [0.15, 0.2) is 29.6 Å². The van der Waals surface area contributed by atoms with Crippen LogP contribution in [0.1, 0.15) is 0 Å². The van der Waals surface area contributed by atoms with Crippen LogP contribution in [0.4, 0.5) is 19.6 Å². The van der Waals surface area contributed by atoms with Gasteiger partial charge in [0.25, 0.3) is 0 Å². The third-order valence-corrected chi connectivity index (χ3v) is 5.41. The number of nitrogens with one attached hydrogen (secondary N) is 1. The SMILES string of the molecule is CN(C)c1nc2ncnc(SCC(=O)Nc3ccc(F)cc3F)c2s1. The fourth-order valence-electron chi connectivity index (χ4n) is 1.93. The van der Waals surface area contributed by atoms with E-state index in [-0.39, 0.29) is 11.4 Å². The first kappa shape index (κ1) is 17.5. The molecule has 0 spiro atoms. The molecule has 0 radical (unpaired) electrons. The highest BCUT2D eigenvalue weighted by molar-refractivity contribution is 8.00. The zero-order valence-corrected chi connectivity index (χ0v) is 14.9. The molecule has 1 aromatic carbocycles. The van der Waals surface area contributed by atoms with Crippen molar-refractivity contribution in [3.8, 4) is 0 Å². The minimum atomic E-state index is -0.819. The van der Waals surface area contributed by atoms with Crippen molar-refractivity contribution >= 4 is 50.2 Å². The van der Waals surface area contributed by atoms with Crippen molar-refractivity contribution in [3.05, 3.63) is 36.2 Å². The molecule has 0 bridgehead atoms. The van der Waals surface area contributed by atoms with Gasteiger partial charge in [-0.2, -0.15) is 4.98 Å². The number of fused-ring (bicyclic) bond motifs is 1. The van der Waals surface area contributed by atoms with E-state index >= 15 is 0 Å². The lowest BCUT2D eigenvalue weighted by Gasteiger charge is -2.06. The van der Waals surface area contributed by atoms with E-state index in [4.69, 9.17) is 0 Å². The number of aromatic nitrogens is 3. The summed E-state index contributed by atoms with van der Waals surface area (Å²) in [5, 5.41) is 3.83. The second-order valence-electron chi connectivity index (χ2n) is 5.18. The number of halogens is 2. The van der Waals surface area contributed by atoms with Crippen molar-refractivity contribution in [3.63, 3.8) is 0 Å². The number of rotatable bonds is 5. The summed E-state index contributed by atoms with van der Waals surface area (Å²) in [5.41, 5.74) is 0.503. The fourth-order valence-corrected chi connectivity index (χ4v) is 3.74. The highest BCUT2D eigenvalue weighted by Gasteiger charge is 2.14. The van der Waals surface area contributed by atoms with Crippen LogP contribution in [0.5, 0.6) is 0 Å². The predicted octanol–water partition coefficient (Wildman–Crippen LogP) is 3.16. The minimum absolute atomic E-state index is 0.0259. The van der Waals surface area contributed by atoms with Crippen LogP contribution in [0, 0.1) is 11.6 Å². The third-order valence-electron chi connectivity index (χ3n) is 3.08. The molecule has 0 saturated heterocycles. The van der Waals surface area contributed by atoms with Gasteiger partial charge < -0.3 is 10.2 Å². The van der Waals surface area contributed by atoms with Gasteiger partial charge in [-0.1, -0.05) is 23.1 Å². The summed E-state index contributed by atoms with van der Waals surface area (Å²) < 4.78 is 27.2. The Labute approximate surface area is 150 Å². The first-order valence-corrected chi connectivity index (χ1v) is 8.91. The van der Waals surface area contributed by atoms with Crippen LogP contribution in [0.3, 0.4) is 0 Å². The van der Waals surface area contributed by atoms with Gasteiger partial charge in [0.15, 0.2) is 10.8 Å². The van der Waals surface area contributed by atoms with E-state index < -0.39 is 17.5 Å². The molecule has 1 amide bonds. The average molecular weight is 381 g/mol. The van der Waals surface area contributed by atoms with Gasteiger partial charge in [-0.3, -0.25) is 4.79 Å². The van der Waals surface area contributed by atoms with Crippen LogP contribution in [0.2, 0.25) is 0 Å². The van der Waals surface area contributed by atoms with Crippen molar-refractivity contribution in [2.75, 3.05) is 30.1 Å². The van der Waals surface area contributed by atoms with Crippen molar-refractivity contribution in [2.45, 2.75) is 5.03 Å². The first-order valence-electron chi connectivity index (χ1n) is 7.10. The number of hydrogen-bond acceptors (Lipinski definition) is 7. The zero-order chi connectivity index (χ0) is 18.0. The number of benzene rings is 1. The van der Waals surface area contributed by atoms with Gasteiger partial charge in [-0.05, 0) is 12.1 Å². The van der Waals surface area contributed by atoms with E-state index in [0.717, 1.165) is 22.0 Å². The van der Waals surface area contributed by atoms with Crippen molar-refractivity contribution in [1.82, 2.24) is 15.0 Å². The molecule has 130 valence electrons. The largest absolute Gasteiger partial charge is 0.354 e. The molecule has 6 nitrogen and oxygen atoms in total. The molecule has 0 aliphatic heterocycles. The first-order chi connectivity index (χ1) is 11.9. The number of carbonyl (C=O) groups excluding carboxylic acids is 1. The van der Waals surface area contributed by atoms with Crippen LogP contribution >= 0.6 is 23.1 Å². The molecular formula is C15H13F2N5OS2. The number of hydrogen-bond donors (Lipinski definition) is 1. The Kier molecular flexibility index (Phi) is 5.09. The second-order valence-corrected chi connectivity index (χ2v) is 7.13. The highest BCUT2D eigenvalue weighted by atomic mass is 32.2. The summed E-state index contributed by atoms with van der Waals surface area (Å²) >= 11 is 2.63. The van der Waals surface area contributed by atoms with E-state index in [0.29, 0.717) is 10.7 Å². The lowest BCUT2D eigenvalue weighted by molar-refractivity contribution is -0.113. The Morgan fingerprint density at radius 3 is 2.84 bits per heavy atom. The smallest absolute Gasteiger partial charge is 0.234 e. The van der Waals surface area contributed by atoms with Gasteiger partial charge in [0.1, 0.15) is 27.7 Å². The maximum atomic E-state index is 13.6. The van der Waals surface area contributed by atoms with Gasteiger partial charge in [0.2, 0.25) is 5.91 Å². The third kappa shape index (κ3) is 4.02. The quantitative estimate of drug-likeness (QED) is 0.541. The van der Waals surface area contributed by atoms with E-state index in [1.54, 1.807) is 0 Å². The van der Waals surface area contributed by atoms with Gasteiger partial charge in [-0.15, -0.1) is 0 Å². The van der Waals surface area contributed by atoms with Crippen LogP contribution in [-0.2, 0) is 4.79 Å². The molecule has 3 aromatic rings. The molecule has 0 aliphatic carbocycles. The summed E-state index contributed by atoms with van der Waals surface area (Å²) in [6.07, 6.45) is 1.39. The number of nitrogens with zero attached hydrogens (tertiary/aromatic N) is 4. The summed E-state index contributed by atoms with van der Waals surface area (Å²) in [5.74, 6) is -1.91. The Hall–Kier alpha value is -2.33.